The van der Waals surface area contributed by atoms with E-state index in [1.54, 1.807) is 37.6 Å². The molecule has 3 aromatic carbocycles. The molecule has 4 rings (SSSR count). The average molecular weight is 425 g/mol. The highest BCUT2D eigenvalue weighted by atomic mass is 16.5. The zero-order valence-electron chi connectivity index (χ0n) is 17.7. The number of methoxy groups -OCH3 is 1. The zero-order valence-corrected chi connectivity index (χ0v) is 17.7. The molecule has 0 atom stereocenters. The number of rotatable bonds is 7. The highest BCUT2D eigenvalue weighted by Crippen LogP contribution is 2.23. The lowest BCUT2D eigenvalue weighted by Gasteiger charge is -2.12. The lowest BCUT2D eigenvalue weighted by molar-refractivity contribution is -0.115. The van der Waals surface area contributed by atoms with Crippen LogP contribution in [0.4, 0.5) is 5.82 Å². The van der Waals surface area contributed by atoms with E-state index >= 15 is 0 Å². The predicted octanol–water partition coefficient (Wildman–Crippen LogP) is 4.63. The Balaban J connectivity index is 1.59. The molecule has 160 valence electrons. The Kier molecular flexibility index (Phi) is 6.41. The largest absolute Gasteiger partial charge is 0.508 e. The number of nitrogens with one attached hydrogen (secondary N) is 1. The van der Waals surface area contributed by atoms with Crippen molar-refractivity contribution in [3.63, 3.8) is 0 Å². The van der Waals surface area contributed by atoms with Gasteiger partial charge in [0.15, 0.2) is 5.82 Å². The summed E-state index contributed by atoms with van der Waals surface area (Å²) in [5.41, 5.74) is 4.12. The van der Waals surface area contributed by atoms with Crippen LogP contribution in [0.15, 0.2) is 85.1 Å². The van der Waals surface area contributed by atoms with Crippen molar-refractivity contribution in [1.29, 1.82) is 0 Å². The van der Waals surface area contributed by atoms with Gasteiger partial charge in [-0.05, 0) is 47.5 Å². The molecular formula is C26H23N3O3. The third-order valence-corrected chi connectivity index (χ3v) is 5.00. The zero-order chi connectivity index (χ0) is 22.3. The van der Waals surface area contributed by atoms with Crippen molar-refractivity contribution in [2.75, 3.05) is 12.4 Å². The molecule has 0 unspecified atom stereocenters. The minimum Gasteiger partial charge on any atom is -0.508 e. The molecule has 2 N–H and O–H groups in total. The summed E-state index contributed by atoms with van der Waals surface area (Å²) in [7, 11) is 1.61. The van der Waals surface area contributed by atoms with Crippen molar-refractivity contribution < 1.29 is 14.6 Å². The van der Waals surface area contributed by atoms with E-state index in [0.29, 0.717) is 23.6 Å². The van der Waals surface area contributed by atoms with Crippen LogP contribution in [-0.4, -0.2) is 28.1 Å². The number of nitrogens with zero attached hydrogens (tertiary/aromatic N) is 2. The Morgan fingerprint density at radius 3 is 2.34 bits per heavy atom. The molecule has 0 saturated heterocycles. The highest BCUT2D eigenvalue weighted by Gasteiger charge is 2.13. The minimum atomic E-state index is -0.170. The number of carbonyl (C=O) groups excluding carboxylic acids is 1. The molecule has 0 aliphatic carbocycles. The van der Waals surface area contributed by atoms with Crippen molar-refractivity contribution in [3.05, 3.63) is 102 Å². The van der Waals surface area contributed by atoms with E-state index in [1.165, 1.54) is 0 Å². The fraction of sp³-hybridized carbons (Fsp3) is 0.115. The third-order valence-electron chi connectivity index (χ3n) is 5.00. The first-order chi connectivity index (χ1) is 15.6. The fourth-order valence-corrected chi connectivity index (χ4v) is 3.32. The number of carbonyl (C=O) groups is 1. The SMILES string of the molecule is COc1ccc(CC(=O)Nc2ncc(-c3ccc(O)cc3)nc2Cc2ccccc2)cc1. The normalized spacial score (nSPS) is 10.5. The van der Waals surface area contributed by atoms with E-state index in [4.69, 9.17) is 9.72 Å². The van der Waals surface area contributed by atoms with Gasteiger partial charge in [0.2, 0.25) is 5.91 Å². The number of phenolic OH excluding ortho intramolecular Hbond substituents is 1. The fourth-order valence-electron chi connectivity index (χ4n) is 3.32. The molecule has 1 heterocycles. The second kappa shape index (κ2) is 9.75. The first-order valence-electron chi connectivity index (χ1n) is 10.2. The number of ether oxygens (including phenoxy) is 1. The van der Waals surface area contributed by atoms with Crippen LogP contribution in [0.3, 0.4) is 0 Å². The molecule has 32 heavy (non-hydrogen) atoms. The topological polar surface area (TPSA) is 84.3 Å². The number of aromatic hydroxyl groups is 1. The summed E-state index contributed by atoms with van der Waals surface area (Å²) in [6.45, 7) is 0. The smallest absolute Gasteiger partial charge is 0.229 e. The van der Waals surface area contributed by atoms with Crippen LogP contribution in [0.5, 0.6) is 11.5 Å². The number of benzene rings is 3. The third kappa shape index (κ3) is 5.29. The van der Waals surface area contributed by atoms with E-state index in [2.05, 4.69) is 10.3 Å². The van der Waals surface area contributed by atoms with Crippen LogP contribution in [0, 0.1) is 0 Å². The maximum Gasteiger partial charge on any atom is 0.229 e. The van der Waals surface area contributed by atoms with Crippen LogP contribution < -0.4 is 10.1 Å². The van der Waals surface area contributed by atoms with Crippen molar-refractivity contribution >= 4 is 11.7 Å². The number of aromatic nitrogens is 2. The van der Waals surface area contributed by atoms with Crippen molar-refractivity contribution in [2.24, 2.45) is 0 Å². The average Bonchev–Trinajstić information content (AvgIpc) is 2.82. The van der Waals surface area contributed by atoms with E-state index < -0.39 is 0 Å². The van der Waals surface area contributed by atoms with Gasteiger partial charge in [-0.15, -0.1) is 0 Å². The summed E-state index contributed by atoms with van der Waals surface area (Å²) in [4.78, 5) is 22.0. The quantitative estimate of drug-likeness (QED) is 0.451. The van der Waals surface area contributed by atoms with Gasteiger partial charge in [-0.25, -0.2) is 9.97 Å². The number of hydrogen-bond acceptors (Lipinski definition) is 5. The molecule has 1 aromatic heterocycles. The predicted molar refractivity (Wildman–Crippen MR) is 124 cm³/mol. The standard InChI is InChI=1S/C26H23N3O3/c1-32-22-13-7-19(8-14-22)16-25(31)29-26-23(15-18-5-3-2-4-6-18)28-24(17-27-26)20-9-11-21(30)12-10-20/h2-14,17,30H,15-16H2,1H3,(H,27,29,31). The van der Waals surface area contributed by atoms with Crippen LogP contribution in [0.1, 0.15) is 16.8 Å². The molecule has 0 saturated carbocycles. The Hall–Kier alpha value is -4.19. The Labute approximate surface area is 186 Å². The summed E-state index contributed by atoms with van der Waals surface area (Å²) in [5, 5.41) is 12.5. The summed E-state index contributed by atoms with van der Waals surface area (Å²) in [5.74, 6) is 1.20. The first-order valence-corrected chi connectivity index (χ1v) is 10.2. The Bertz CT molecular complexity index is 1190. The molecular weight excluding hydrogens is 402 g/mol. The lowest BCUT2D eigenvalue weighted by Crippen LogP contribution is -2.17. The monoisotopic (exact) mass is 425 g/mol. The second-order valence-corrected chi connectivity index (χ2v) is 7.33. The molecule has 0 bridgehead atoms. The first kappa shape index (κ1) is 21.1. The number of phenols is 1. The van der Waals surface area contributed by atoms with Gasteiger partial charge in [-0.3, -0.25) is 4.79 Å². The molecule has 6 heteroatoms. The number of hydrogen-bond donors (Lipinski definition) is 2. The summed E-state index contributed by atoms with van der Waals surface area (Å²) >= 11 is 0. The van der Waals surface area contributed by atoms with Crippen molar-refractivity contribution in [2.45, 2.75) is 12.8 Å². The van der Waals surface area contributed by atoms with Gasteiger partial charge in [0.05, 0.1) is 31.1 Å². The molecule has 1 amide bonds. The maximum atomic E-state index is 12.7. The maximum absolute atomic E-state index is 12.7. The van der Waals surface area contributed by atoms with Gasteiger partial charge in [0.1, 0.15) is 11.5 Å². The van der Waals surface area contributed by atoms with Crippen LogP contribution in [-0.2, 0) is 17.6 Å². The minimum absolute atomic E-state index is 0.170. The van der Waals surface area contributed by atoms with Crippen LogP contribution in [0.2, 0.25) is 0 Å². The van der Waals surface area contributed by atoms with Gasteiger partial charge in [0, 0.05) is 12.0 Å². The van der Waals surface area contributed by atoms with Crippen molar-refractivity contribution in [3.8, 4) is 22.8 Å². The van der Waals surface area contributed by atoms with E-state index in [-0.39, 0.29) is 18.1 Å². The molecule has 4 aromatic rings. The summed E-state index contributed by atoms with van der Waals surface area (Å²) < 4.78 is 5.16. The van der Waals surface area contributed by atoms with Gasteiger partial charge in [-0.1, -0.05) is 42.5 Å². The van der Waals surface area contributed by atoms with E-state index in [0.717, 1.165) is 22.4 Å². The van der Waals surface area contributed by atoms with Crippen molar-refractivity contribution in [1.82, 2.24) is 9.97 Å². The molecule has 0 radical (unpaired) electrons. The number of anilines is 1. The summed E-state index contributed by atoms with van der Waals surface area (Å²) in [6.07, 6.45) is 2.37. The highest BCUT2D eigenvalue weighted by molar-refractivity contribution is 5.92. The van der Waals surface area contributed by atoms with Gasteiger partial charge in [0.25, 0.3) is 0 Å². The lowest BCUT2D eigenvalue weighted by atomic mass is 10.1. The van der Waals surface area contributed by atoms with Gasteiger partial charge >= 0.3 is 0 Å². The van der Waals surface area contributed by atoms with Gasteiger partial charge < -0.3 is 15.2 Å². The van der Waals surface area contributed by atoms with Crippen LogP contribution >= 0.6 is 0 Å². The molecule has 6 nitrogen and oxygen atoms in total. The van der Waals surface area contributed by atoms with Crippen LogP contribution in [0.25, 0.3) is 11.3 Å². The molecule has 0 aliphatic rings. The number of amides is 1. The van der Waals surface area contributed by atoms with E-state index in [1.807, 2.05) is 54.6 Å². The van der Waals surface area contributed by atoms with E-state index in [9.17, 15) is 9.90 Å². The molecule has 0 spiro atoms. The Morgan fingerprint density at radius 1 is 0.938 bits per heavy atom. The molecule has 0 aliphatic heterocycles. The molecule has 0 fully saturated rings. The Morgan fingerprint density at radius 2 is 1.66 bits per heavy atom. The summed E-state index contributed by atoms with van der Waals surface area (Å²) in [6, 6.07) is 24.1. The second-order valence-electron chi connectivity index (χ2n) is 7.33. The van der Waals surface area contributed by atoms with Gasteiger partial charge in [-0.2, -0.15) is 0 Å².